The SMILES string of the molecule is Cc1ccc(NC(=O)[C@H]2Sc3nnc(C)n3N[C@@H]2c2ccc(F)cc2)cc1. The Kier molecular flexibility index (Phi) is 4.57. The molecule has 1 aliphatic rings. The fourth-order valence-corrected chi connectivity index (χ4v) is 4.06. The van der Waals surface area contributed by atoms with Crippen molar-refractivity contribution in [3.63, 3.8) is 0 Å². The minimum atomic E-state index is -0.493. The van der Waals surface area contributed by atoms with Crippen molar-refractivity contribution in [1.29, 1.82) is 0 Å². The summed E-state index contributed by atoms with van der Waals surface area (Å²) in [6, 6.07) is 13.4. The van der Waals surface area contributed by atoms with Gasteiger partial charge in [0.2, 0.25) is 11.1 Å². The molecule has 138 valence electrons. The standard InChI is InChI=1S/C19H18FN5OS/c1-11-3-9-15(10-4-11)21-18(26)17-16(13-5-7-14(20)8-6-13)24-25-12(2)22-23-19(25)27-17/h3-10,16-17,24H,1-2H3,(H,21,26)/t16-,17+/m1/s1. The van der Waals surface area contributed by atoms with Crippen LogP contribution >= 0.6 is 11.8 Å². The number of hydrogen-bond acceptors (Lipinski definition) is 5. The molecule has 27 heavy (non-hydrogen) atoms. The van der Waals surface area contributed by atoms with Crippen molar-refractivity contribution in [2.75, 3.05) is 10.7 Å². The third-order valence-corrected chi connectivity index (χ3v) is 5.62. The molecule has 2 N–H and O–H groups in total. The third-order valence-electron chi connectivity index (χ3n) is 4.41. The van der Waals surface area contributed by atoms with E-state index in [0.717, 1.165) is 16.8 Å². The summed E-state index contributed by atoms with van der Waals surface area (Å²) < 4.78 is 15.1. The zero-order valence-corrected chi connectivity index (χ0v) is 15.6. The molecule has 0 radical (unpaired) electrons. The maximum Gasteiger partial charge on any atom is 0.240 e. The van der Waals surface area contributed by atoms with Crippen LogP contribution in [-0.4, -0.2) is 26.0 Å². The molecular formula is C19H18FN5OS. The molecule has 1 aromatic heterocycles. The second-order valence-electron chi connectivity index (χ2n) is 6.42. The van der Waals surface area contributed by atoms with Crippen LogP contribution in [0.3, 0.4) is 0 Å². The van der Waals surface area contributed by atoms with Gasteiger partial charge in [0, 0.05) is 5.69 Å². The second kappa shape index (κ2) is 7.03. The first-order valence-corrected chi connectivity index (χ1v) is 9.37. The van der Waals surface area contributed by atoms with Crippen LogP contribution in [0, 0.1) is 19.7 Å². The Bertz CT molecular complexity index is 971. The molecule has 8 heteroatoms. The summed E-state index contributed by atoms with van der Waals surface area (Å²) in [7, 11) is 0. The number of carbonyl (C=O) groups excluding carboxylic acids is 1. The van der Waals surface area contributed by atoms with Crippen molar-refractivity contribution >= 4 is 23.4 Å². The van der Waals surface area contributed by atoms with Gasteiger partial charge in [-0.2, -0.15) is 0 Å². The van der Waals surface area contributed by atoms with Gasteiger partial charge in [0.1, 0.15) is 16.9 Å². The highest BCUT2D eigenvalue weighted by Crippen LogP contribution is 2.37. The van der Waals surface area contributed by atoms with Gasteiger partial charge in [-0.25, -0.2) is 9.07 Å². The van der Waals surface area contributed by atoms with Crippen LogP contribution in [0.5, 0.6) is 0 Å². The van der Waals surface area contributed by atoms with Gasteiger partial charge in [-0.15, -0.1) is 10.2 Å². The number of rotatable bonds is 3. The highest BCUT2D eigenvalue weighted by Gasteiger charge is 2.37. The third kappa shape index (κ3) is 3.52. The van der Waals surface area contributed by atoms with Crippen LogP contribution in [0.15, 0.2) is 53.7 Å². The summed E-state index contributed by atoms with van der Waals surface area (Å²) in [5.41, 5.74) is 5.96. The summed E-state index contributed by atoms with van der Waals surface area (Å²) >= 11 is 1.34. The predicted octanol–water partition coefficient (Wildman–Crippen LogP) is 3.43. The van der Waals surface area contributed by atoms with Crippen molar-refractivity contribution in [3.05, 3.63) is 71.3 Å². The number of aromatic nitrogens is 3. The summed E-state index contributed by atoms with van der Waals surface area (Å²) in [5.74, 6) is 0.226. The van der Waals surface area contributed by atoms with E-state index < -0.39 is 5.25 Å². The van der Waals surface area contributed by atoms with E-state index in [0.29, 0.717) is 11.0 Å². The number of benzene rings is 2. The molecule has 0 aliphatic carbocycles. The average molecular weight is 383 g/mol. The number of halogens is 1. The number of nitrogens with zero attached hydrogens (tertiary/aromatic N) is 3. The van der Waals surface area contributed by atoms with Gasteiger partial charge in [-0.3, -0.25) is 4.79 Å². The first-order chi connectivity index (χ1) is 13.0. The Balaban J connectivity index is 1.65. The van der Waals surface area contributed by atoms with E-state index in [9.17, 15) is 9.18 Å². The van der Waals surface area contributed by atoms with E-state index in [1.807, 2.05) is 38.1 Å². The normalized spacial score (nSPS) is 18.5. The number of aryl methyl sites for hydroxylation is 2. The predicted molar refractivity (Wildman–Crippen MR) is 103 cm³/mol. The smallest absolute Gasteiger partial charge is 0.240 e. The fraction of sp³-hybridized carbons (Fsp3) is 0.211. The highest BCUT2D eigenvalue weighted by molar-refractivity contribution is 8.00. The van der Waals surface area contributed by atoms with Gasteiger partial charge < -0.3 is 10.7 Å². The van der Waals surface area contributed by atoms with E-state index in [-0.39, 0.29) is 17.8 Å². The second-order valence-corrected chi connectivity index (χ2v) is 7.53. The minimum absolute atomic E-state index is 0.155. The lowest BCUT2D eigenvalue weighted by molar-refractivity contribution is -0.116. The molecule has 0 unspecified atom stereocenters. The fourth-order valence-electron chi connectivity index (χ4n) is 2.93. The van der Waals surface area contributed by atoms with Crippen molar-refractivity contribution in [1.82, 2.24) is 14.9 Å². The van der Waals surface area contributed by atoms with Gasteiger partial charge in [0.25, 0.3) is 0 Å². The van der Waals surface area contributed by atoms with E-state index >= 15 is 0 Å². The lowest BCUT2D eigenvalue weighted by Gasteiger charge is -2.32. The molecule has 0 bridgehead atoms. The molecule has 0 spiro atoms. The molecule has 0 saturated heterocycles. The molecule has 2 atom stereocenters. The number of hydrogen-bond donors (Lipinski definition) is 2. The monoisotopic (exact) mass is 383 g/mol. The minimum Gasteiger partial charge on any atom is -0.325 e. The Morgan fingerprint density at radius 1 is 1.11 bits per heavy atom. The molecule has 2 aromatic carbocycles. The van der Waals surface area contributed by atoms with Crippen LogP contribution in [0.1, 0.15) is 23.0 Å². The molecule has 0 fully saturated rings. The van der Waals surface area contributed by atoms with Gasteiger partial charge in [0.15, 0.2) is 0 Å². The number of anilines is 1. The van der Waals surface area contributed by atoms with Crippen LogP contribution in [-0.2, 0) is 4.79 Å². The van der Waals surface area contributed by atoms with Crippen molar-refractivity contribution in [2.24, 2.45) is 0 Å². The van der Waals surface area contributed by atoms with Gasteiger partial charge in [-0.1, -0.05) is 41.6 Å². The van der Waals surface area contributed by atoms with Crippen molar-refractivity contribution in [3.8, 4) is 0 Å². The van der Waals surface area contributed by atoms with Crippen molar-refractivity contribution in [2.45, 2.75) is 30.3 Å². The summed E-state index contributed by atoms with van der Waals surface area (Å²) in [5, 5.41) is 11.3. The Morgan fingerprint density at radius 3 is 2.52 bits per heavy atom. The Hall–Kier alpha value is -2.87. The number of thioether (sulfide) groups is 1. The molecule has 4 rings (SSSR count). The molecule has 0 saturated carbocycles. The van der Waals surface area contributed by atoms with Gasteiger partial charge >= 0.3 is 0 Å². The van der Waals surface area contributed by atoms with E-state index in [4.69, 9.17) is 0 Å². The maximum atomic E-state index is 13.4. The van der Waals surface area contributed by atoms with Gasteiger partial charge in [0.05, 0.1) is 6.04 Å². The zero-order chi connectivity index (χ0) is 19.0. The zero-order valence-electron chi connectivity index (χ0n) is 14.8. The number of fused-ring (bicyclic) bond motifs is 1. The van der Waals surface area contributed by atoms with Crippen molar-refractivity contribution < 1.29 is 9.18 Å². The summed E-state index contributed by atoms with van der Waals surface area (Å²) in [6.07, 6.45) is 0. The Morgan fingerprint density at radius 2 is 1.81 bits per heavy atom. The largest absolute Gasteiger partial charge is 0.325 e. The first kappa shape index (κ1) is 17.5. The van der Waals surface area contributed by atoms with Gasteiger partial charge in [-0.05, 0) is 43.7 Å². The molecular weight excluding hydrogens is 365 g/mol. The van der Waals surface area contributed by atoms with E-state index in [1.54, 1.807) is 16.8 Å². The lowest BCUT2D eigenvalue weighted by Crippen LogP contribution is -2.41. The lowest BCUT2D eigenvalue weighted by atomic mass is 10.0. The van der Waals surface area contributed by atoms with Crippen LogP contribution in [0.2, 0.25) is 0 Å². The summed E-state index contributed by atoms with van der Waals surface area (Å²) in [6.45, 7) is 3.82. The molecule has 1 aliphatic heterocycles. The van der Waals surface area contributed by atoms with E-state index in [2.05, 4.69) is 20.9 Å². The molecule has 6 nitrogen and oxygen atoms in total. The number of amides is 1. The Labute approximate surface area is 160 Å². The molecule has 2 heterocycles. The maximum absolute atomic E-state index is 13.4. The van der Waals surface area contributed by atoms with Crippen LogP contribution in [0.4, 0.5) is 10.1 Å². The summed E-state index contributed by atoms with van der Waals surface area (Å²) in [4.78, 5) is 13.0. The number of nitrogens with one attached hydrogen (secondary N) is 2. The first-order valence-electron chi connectivity index (χ1n) is 8.49. The number of carbonyl (C=O) groups is 1. The van der Waals surface area contributed by atoms with Crippen LogP contribution < -0.4 is 10.7 Å². The molecule has 3 aromatic rings. The topological polar surface area (TPSA) is 71.8 Å². The van der Waals surface area contributed by atoms with E-state index in [1.165, 1.54) is 23.9 Å². The highest BCUT2D eigenvalue weighted by atomic mass is 32.2. The quantitative estimate of drug-likeness (QED) is 0.725. The average Bonchev–Trinajstić information content (AvgIpc) is 3.03. The van der Waals surface area contributed by atoms with Crippen LogP contribution in [0.25, 0.3) is 0 Å². The molecule has 1 amide bonds.